The third kappa shape index (κ3) is 3.93. The number of hydrogen-bond acceptors (Lipinski definition) is 5. The van der Waals surface area contributed by atoms with Crippen LogP contribution in [0.4, 0.5) is 0 Å². The Balaban J connectivity index is 2.57. The fraction of sp³-hybridized carbons (Fsp3) is 0.909. The van der Waals surface area contributed by atoms with Gasteiger partial charge in [0.2, 0.25) is 10.0 Å². The fourth-order valence-corrected chi connectivity index (χ4v) is 3.96. The molecule has 0 aromatic carbocycles. The van der Waals surface area contributed by atoms with E-state index in [1.165, 1.54) is 7.11 Å². The van der Waals surface area contributed by atoms with E-state index in [1.54, 1.807) is 0 Å². The van der Waals surface area contributed by atoms with Crippen LogP contribution in [0.2, 0.25) is 0 Å². The quantitative estimate of drug-likeness (QED) is 0.535. The molecular formula is C11H21NO5S. The Labute approximate surface area is 108 Å². The zero-order valence-electron chi connectivity index (χ0n) is 10.8. The van der Waals surface area contributed by atoms with Crippen molar-refractivity contribution in [1.29, 1.82) is 0 Å². The van der Waals surface area contributed by atoms with Crippen molar-refractivity contribution in [1.82, 2.24) is 4.72 Å². The molecule has 1 aliphatic rings. The summed E-state index contributed by atoms with van der Waals surface area (Å²) in [6.07, 6.45) is 1.81. The molecule has 0 aromatic rings. The molecular weight excluding hydrogens is 258 g/mol. The highest BCUT2D eigenvalue weighted by molar-refractivity contribution is 7.90. The topological polar surface area (TPSA) is 81.7 Å². The summed E-state index contributed by atoms with van der Waals surface area (Å²) in [5.74, 6) is -0.979. The van der Waals surface area contributed by atoms with E-state index in [2.05, 4.69) is 9.46 Å². The van der Waals surface area contributed by atoms with E-state index < -0.39 is 27.2 Å². The molecule has 1 N–H and O–H groups in total. The number of hydrogen-bond donors (Lipinski definition) is 1. The molecule has 106 valence electrons. The van der Waals surface area contributed by atoms with Gasteiger partial charge in [-0.05, 0) is 19.8 Å². The lowest BCUT2D eigenvalue weighted by Crippen LogP contribution is -2.40. The van der Waals surface area contributed by atoms with E-state index in [0.717, 1.165) is 6.42 Å². The molecule has 1 saturated carbocycles. The van der Waals surface area contributed by atoms with E-state index >= 15 is 0 Å². The Morgan fingerprint density at radius 3 is 2.72 bits per heavy atom. The Morgan fingerprint density at radius 2 is 2.11 bits per heavy atom. The Bertz CT molecular complexity index is 368. The van der Waals surface area contributed by atoms with E-state index in [1.807, 2.05) is 6.92 Å². The molecule has 1 fully saturated rings. The summed E-state index contributed by atoms with van der Waals surface area (Å²) in [6, 6.07) is 0. The van der Waals surface area contributed by atoms with Gasteiger partial charge in [-0.1, -0.05) is 6.42 Å². The average Bonchev–Trinajstić information content (AvgIpc) is 2.83. The molecule has 0 bridgehead atoms. The van der Waals surface area contributed by atoms with Crippen LogP contribution in [0.5, 0.6) is 0 Å². The molecule has 1 rings (SSSR count). The van der Waals surface area contributed by atoms with Gasteiger partial charge in [0.05, 0.1) is 24.9 Å². The number of ether oxygens (including phenoxy) is 2. The van der Waals surface area contributed by atoms with Gasteiger partial charge in [0.25, 0.3) is 0 Å². The third-order valence-electron chi connectivity index (χ3n) is 3.11. The van der Waals surface area contributed by atoms with Gasteiger partial charge in [0, 0.05) is 13.2 Å². The molecule has 1 aliphatic carbocycles. The van der Waals surface area contributed by atoms with Crippen LogP contribution in [0.1, 0.15) is 26.2 Å². The van der Waals surface area contributed by atoms with Crippen molar-refractivity contribution in [3.63, 3.8) is 0 Å². The van der Waals surface area contributed by atoms with Crippen molar-refractivity contribution in [2.75, 3.05) is 26.9 Å². The summed E-state index contributed by atoms with van der Waals surface area (Å²) in [4.78, 5) is 11.5. The summed E-state index contributed by atoms with van der Waals surface area (Å²) < 4.78 is 36.3. The predicted octanol–water partition coefficient (Wildman–Crippen LogP) is 0.284. The van der Waals surface area contributed by atoms with E-state index in [9.17, 15) is 13.2 Å². The lowest BCUT2D eigenvalue weighted by Gasteiger charge is -2.18. The van der Waals surface area contributed by atoms with Crippen LogP contribution >= 0.6 is 0 Å². The summed E-state index contributed by atoms with van der Waals surface area (Å²) in [6.45, 7) is 2.97. The molecule has 0 aliphatic heterocycles. The molecule has 0 amide bonds. The van der Waals surface area contributed by atoms with Gasteiger partial charge < -0.3 is 9.47 Å². The van der Waals surface area contributed by atoms with Crippen LogP contribution in [-0.4, -0.2) is 46.5 Å². The number of sulfonamides is 1. The number of carbonyl (C=O) groups is 1. The second kappa shape index (κ2) is 7.06. The maximum Gasteiger partial charge on any atom is 0.310 e. The normalized spacial score (nSPS) is 24.1. The monoisotopic (exact) mass is 279 g/mol. The van der Waals surface area contributed by atoms with Crippen molar-refractivity contribution in [2.45, 2.75) is 31.4 Å². The Hall–Kier alpha value is -0.660. The molecule has 0 saturated heterocycles. The summed E-state index contributed by atoms with van der Waals surface area (Å²) in [7, 11) is -2.19. The highest BCUT2D eigenvalue weighted by Gasteiger charge is 2.41. The molecule has 0 radical (unpaired) electrons. The van der Waals surface area contributed by atoms with E-state index in [4.69, 9.17) is 4.74 Å². The second-order valence-electron chi connectivity index (χ2n) is 4.24. The SMILES string of the molecule is CCOCCNS(=O)(=O)[C@@H]1CCC[C@H]1C(=O)OC. The van der Waals surface area contributed by atoms with Gasteiger partial charge >= 0.3 is 5.97 Å². The van der Waals surface area contributed by atoms with Crippen molar-refractivity contribution in [2.24, 2.45) is 5.92 Å². The Kier molecular flexibility index (Phi) is 6.04. The van der Waals surface area contributed by atoms with Gasteiger partial charge in [0.1, 0.15) is 0 Å². The minimum atomic E-state index is -3.48. The minimum absolute atomic E-state index is 0.237. The first kappa shape index (κ1) is 15.4. The zero-order chi connectivity index (χ0) is 13.6. The van der Waals surface area contributed by atoms with Crippen LogP contribution in [0.15, 0.2) is 0 Å². The molecule has 0 aromatic heterocycles. The predicted molar refractivity (Wildman–Crippen MR) is 66.6 cm³/mol. The summed E-state index contributed by atoms with van der Waals surface area (Å²) >= 11 is 0. The highest BCUT2D eigenvalue weighted by atomic mass is 32.2. The number of methoxy groups -OCH3 is 1. The largest absolute Gasteiger partial charge is 0.469 e. The van der Waals surface area contributed by atoms with Crippen LogP contribution in [0.25, 0.3) is 0 Å². The lowest BCUT2D eigenvalue weighted by atomic mass is 10.1. The van der Waals surface area contributed by atoms with Gasteiger partial charge in [-0.3, -0.25) is 4.79 Å². The average molecular weight is 279 g/mol. The first-order chi connectivity index (χ1) is 8.53. The summed E-state index contributed by atoms with van der Waals surface area (Å²) in [5, 5.41) is -0.674. The molecule has 18 heavy (non-hydrogen) atoms. The maximum atomic E-state index is 12.1. The second-order valence-corrected chi connectivity index (χ2v) is 6.22. The van der Waals surface area contributed by atoms with Gasteiger partial charge in [-0.15, -0.1) is 0 Å². The zero-order valence-corrected chi connectivity index (χ0v) is 11.7. The molecule has 0 spiro atoms. The maximum absolute atomic E-state index is 12.1. The first-order valence-corrected chi connectivity index (χ1v) is 7.71. The van der Waals surface area contributed by atoms with Gasteiger partial charge in [-0.25, -0.2) is 13.1 Å². The highest BCUT2D eigenvalue weighted by Crippen LogP contribution is 2.31. The van der Waals surface area contributed by atoms with Crippen molar-refractivity contribution >= 4 is 16.0 Å². The van der Waals surface area contributed by atoms with Crippen molar-refractivity contribution in [3.8, 4) is 0 Å². The number of carbonyl (C=O) groups excluding carboxylic acids is 1. The van der Waals surface area contributed by atoms with Gasteiger partial charge in [-0.2, -0.15) is 0 Å². The molecule has 0 heterocycles. The number of rotatable bonds is 7. The van der Waals surface area contributed by atoms with Gasteiger partial charge in [0.15, 0.2) is 0 Å². The summed E-state index contributed by atoms with van der Waals surface area (Å²) in [5.41, 5.74) is 0. The van der Waals surface area contributed by atoms with Crippen LogP contribution in [0.3, 0.4) is 0 Å². The van der Waals surface area contributed by atoms with Crippen molar-refractivity contribution < 1.29 is 22.7 Å². The van der Waals surface area contributed by atoms with Crippen LogP contribution in [0, 0.1) is 5.92 Å². The fourth-order valence-electron chi connectivity index (χ4n) is 2.23. The van der Waals surface area contributed by atoms with Crippen LogP contribution in [-0.2, 0) is 24.3 Å². The van der Waals surface area contributed by atoms with Crippen LogP contribution < -0.4 is 4.72 Å². The molecule has 0 unspecified atom stereocenters. The molecule has 6 nitrogen and oxygen atoms in total. The standard InChI is InChI=1S/C11H21NO5S/c1-3-17-8-7-12-18(14,15)10-6-4-5-9(10)11(13)16-2/h9-10,12H,3-8H2,1-2H3/t9-,10-/m1/s1. The first-order valence-electron chi connectivity index (χ1n) is 6.17. The minimum Gasteiger partial charge on any atom is -0.469 e. The van der Waals surface area contributed by atoms with E-state index in [0.29, 0.717) is 26.1 Å². The molecule has 7 heteroatoms. The van der Waals surface area contributed by atoms with E-state index in [-0.39, 0.29) is 6.54 Å². The number of esters is 1. The number of nitrogens with one attached hydrogen (secondary N) is 1. The lowest BCUT2D eigenvalue weighted by molar-refractivity contribution is -0.145. The Morgan fingerprint density at radius 1 is 1.39 bits per heavy atom. The van der Waals surface area contributed by atoms with Crippen molar-refractivity contribution in [3.05, 3.63) is 0 Å². The molecule has 2 atom stereocenters. The third-order valence-corrected chi connectivity index (χ3v) is 5.08. The smallest absolute Gasteiger partial charge is 0.310 e.